The fraction of sp³-hybridized carbons (Fsp3) is 0.636. The number of aromatic nitrogens is 2. The maximum absolute atomic E-state index is 11.3. The lowest BCUT2D eigenvalue weighted by Gasteiger charge is -2.24. The second kappa shape index (κ2) is 4.57. The molecule has 0 amide bonds. The number of halogens is 1. The monoisotopic (exact) mass is 285 g/mol. The highest BCUT2D eigenvalue weighted by atomic mass is 79.9. The van der Waals surface area contributed by atoms with Gasteiger partial charge in [0.05, 0.1) is 11.9 Å². The van der Waals surface area contributed by atoms with Crippen LogP contribution in [0, 0.1) is 5.41 Å². The van der Waals surface area contributed by atoms with E-state index in [1.54, 1.807) is 6.20 Å². The molecule has 0 bridgehead atoms. The van der Waals surface area contributed by atoms with Crippen LogP contribution in [-0.4, -0.2) is 16.7 Å². The molecule has 1 fully saturated rings. The van der Waals surface area contributed by atoms with Crippen molar-refractivity contribution < 1.29 is 0 Å². The molecule has 1 saturated carbocycles. The summed E-state index contributed by atoms with van der Waals surface area (Å²) in [7, 11) is 0. The Morgan fingerprint density at radius 3 is 2.94 bits per heavy atom. The molecule has 0 atom stereocenters. The maximum atomic E-state index is 11.3. The first-order valence-corrected chi connectivity index (χ1v) is 6.37. The number of H-pyrrole nitrogens is 1. The average molecular weight is 286 g/mol. The van der Waals surface area contributed by atoms with Crippen molar-refractivity contribution in [2.45, 2.75) is 32.6 Å². The van der Waals surface area contributed by atoms with E-state index in [1.807, 2.05) is 0 Å². The van der Waals surface area contributed by atoms with Crippen LogP contribution in [0.15, 0.2) is 15.5 Å². The molecule has 1 aromatic rings. The smallest absolute Gasteiger partial charge is 0.280 e. The lowest BCUT2D eigenvalue weighted by Crippen LogP contribution is -2.24. The number of anilines is 1. The summed E-state index contributed by atoms with van der Waals surface area (Å²) in [5, 5.41) is 9.47. The van der Waals surface area contributed by atoms with Gasteiger partial charge in [-0.15, -0.1) is 0 Å². The van der Waals surface area contributed by atoms with Gasteiger partial charge in [-0.2, -0.15) is 5.10 Å². The second-order valence-corrected chi connectivity index (χ2v) is 5.59. The van der Waals surface area contributed by atoms with Gasteiger partial charge in [0, 0.05) is 6.54 Å². The zero-order valence-corrected chi connectivity index (χ0v) is 10.9. The van der Waals surface area contributed by atoms with Gasteiger partial charge in [0.1, 0.15) is 4.47 Å². The summed E-state index contributed by atoms with van der Waals surface area (Å²) in [5.74, 6) is 0. The highest BCUT2D eigenvalue weighted by Gasteiger charge is 2.28. The van der Waals surface area contributed by atoms with Crippen LogP contribution >= 0.6 is 15.9 Å². The third-order valence-electron chi connectivity index (χ3n) is 3.31. The number of hydrogen-bond donors (Lipinski definition) is 2. The predicted octanol–water partition coefficient (Wildman–Crippen LogP) is 2.52. The molecule has 88 valence electrons. The van der Waals surface area contributed by atoms with Crippen LogP contribution in [0.1, 0.15) is 32.6 Å². The average Bonchev–Trinajstić information content (AvgIpc) is 2.68. The summed E-state index contributed by atoms with van der Waals surface area (Å²) >= 11 is 3.26. The summed E-state index contributed by atoms with van der Waals surface area (Å²) in [5.41, 5.74) is 0.945. The largest absolute Gasteiger partial charge is 0.382 e. The Morgan fingerprint density at radius 1 is 1.56 bits per heavy atom. The third-order valence-corrected chi connectivity index (χ3v) is 4.10. The third kappa shape index (κ3) is 2.45. The quantitative estimate of drug-likeness (QED) is 0.897. The van der Waals surface area contributed by atoms with Crippen LogP contribution < -0.4 is 10.9 Å². The van der Waals surface area contributed by atoms with Crippen molar-refractivity contribution in [2.24, 2.45) is 5.41 Å². The highest BCUT2D eigenvalue weighted by Crippen LogP contribution is 2.37. The zero-order valence-electron chi connectivity index (χ0n) is 9.35. The fourth-order valence-electron chi connectivity index (χ4n) is 2.22. The molecule has 2 N–H and O–H groups in total. The number of nitrogens with zero attached hydrogens (tertiary/aromatic N) is 1. The molecular formula is C11H16BrN3O. The Bertz CT molecular complexity index is 423. The molecule has 1 aliphatic carbocycles. The Morgan fingerprint density at radius 2 is 2.25 bits per heavy atom. The first kappa shape index (κ1) is 11.6. The van der Waals surface area contributed by atoms with Crippen LogP contribution in [0.2, 0.25) is 0 Å². The number of aromatic amines is 1. The standard InChI is InChI=1S/C11H16BrN3O/c1-11(4-2-3-5-11)7-13-8-6-14-15-10(16)9(8)12/h6H,2-5,7H2,1H3,(H2,13,15,16). The summed E-state index contributed by atoms with van der Waals surface area (Å²) in [6, 6.07) is 0. The Hall–Kier alpha value is -0.840. The van der Waals surface area contributed by atoms with Gasteiger partial charge in [-0.3, -0.25) is 4.79 Å². The van der Waals surface area contributed by atoms with E-state index in [0.717, 1.165) is 12.2 Å². The number of nitrogens with one attached hydrogen (secondary N) is 2. The molecule has 0 aliphatic heterocycles. The highest BCUT2D eigenvalue weighted by molar-refractivity contribution is 9.10. The summed E-state index contributed by atoms with van der Waals surface area (Å²) in [4.78, 5) is 11.3. The van der Waals surface area contributed by atoms with Gasteiger partial charge in [-0.25, -0.2) is 5.10 Å². The van der Waals surface area contributed by atoms with E-state index in [2.05, 4.69) is 38.4 Å². The number of rotatable bonds is 3. The van der Waals surface area contributed by atoms with E-state index in [-0.39, 0.29) is 5.56 Å². The van der Waals surface area contributed by atoms with Gasteiger partial charge < -0.3 is 5.32 Å². The van der Waals surface area contributed by atoms with Crippen molar-refractivity contribution in [3.8, 4) is 0 Å². The van der Waals surface area contributed by atoms with Crippen LogP contribution in [0.5, 0.6) is 0 Å². The van der Waals surface area contributed by atoms with Crippen molar-refractivity contribution in [2.75, 3.05) is 11.9 Å². The summed E-state index contributed by atoms with van der Waals surface area (Å²) in [6.45, 7) is 3.19. The lowest BCUT2D eigenvalue weighted by molar-refractivity contribution is 0.362. The van der Waals surface area contributed by atoms with E-state index >= 15 is 0 Å². The maximum Gasteiger partial charge on any atom is 0.280 e. The van der Waals surface area contributed by atoms with Gasteiger partial charge >= 0.3 is 0 Å². The van der Waals surface area contributed by atoms with Gasteiger partial charge in [0.2, 0.25) is 0 Å². The minimum Gasteiger partial charge on any atom is -0.382 e. The molecular weight excluding hydrogens is 270 g/mol. The van der Waals surface area contributed by atoms with Gasteiger partial charge in [-0.05, 0) is 34.2 Å². The van der Waals surface area contributed by atoms with E-state index in [0.29, 0.717) is 9.89 Å². The fourth-order valence-corrected chi connectivity index (χ4v) is 2.55. The van der Waals surface area contributed by atoms with E-state index in [9.17, 15) is 4.79 Å². The Balaban J connectivity index is 2.04. The molecule has 1 aromatic heterocycles. The molecule has 0 saturated heterocycles. The molecule has 0 aromatic carbocycles. The molecule has 1 aliphatic rings. The van der Waals surface area contributed by atoms with Crippen molar-refractivity contribution in [3.63, 3.8) is 0 Å². The molecule has 2 rings (SSSR count). The van der Waals surface area contributed by atoms with Gasteiger partial charge in [0.15, 0.2) is 0 Å². The predicted molar refractivity (Wildman–Crippen MR) is 67.6 cm³/mol. The van der Waals surface area contributed by atoms with Crippen LogP contribution in [0.25, 0.3) is 0 Å². The van der Waals surface area contributed by atoms with E-state index in [4.69, 9.17) is 0 Å². The molecule has 0 radical (unpaired) electrons. The molecule has 1 heterocycles. The molecule has 16 heavy (non-hydrogen) atoms. The summed E-state index contributed by atoms with van der Waals surface area (Å²) in [6.07, 6.45) is 6.78. The van der Waals surface area contributed by atoms with Crippen LogP contribution in [-0.2, 0) is 0 Å². The lowest BCUT2D eigenvalue weighted by atomic mass is 9.89. The minimum absolute atomic E-state index is 0.193. The van der Waals surface area contributed by atoms with Crippen molar-refractivity contribution >= 4 is 21.6 Å². The Labute approximate surface area is 103 Å². The molecule has 4 nitrogen and oxygen atoms in total. The second-order valence-electron chi connectivity index (χ2n) is 4.80. The van der Waals surface area contributed by atoms with Crippen molar-refractivity contribution in [1.29, 1.82) is 0 Å². The van der Waals surface area contributed by atoms with Gasteiger partial charge in [0.25, 0.3) is 5.56 Å². The Kier molecular flexibility index (Phi) is 3.33. The van der Waals surface area contributed by atoms with Crippen LogP contribution in [0.4, 0.5) is 5.69 Å². The first-order chi connectivity index (χ1) is 7.61. The zero-order chi connectivity index (χ0) is 11.6. The molecule has 5 heteroatoms. The SMILES string of the molecule is CC1(CNc2cn[nH]c(=O)c2Br)CCCC1. The molecule has 0 spiro atoms. The summed E-state index contributed by atoms with van der Waals surface area (Å²) < 4.78 is 0.532. The van der Waals surface area contributed by atoms with Gasteiger partial charge in [-0.1, -0.05) is 19.8 Å². The first-order valence-electron chi connectivity index (χ1n) is 5.58. The molecule has 0 unspecified atom stereocenters. The topological polar surface area (TPSA) is 57.8 Å². The van der Waals surface area contributed by atoms with E-state index in [1.165, 1.54) is 25.7 Å². The van der Waals surface area contributed by atoms with Crippen LogP contribution in [0.3, 0.4) is 0 Å². The normalized spacial score (nSPS) is 18.6. The van der Waals surface area contributed by atoms with Crippen molar-refractivity contribution in [3.05, 3.63) is 21.0 Å². The number of hydrogen-bond acceptors (Lipinski definition) is 3. The minimum atomic E-state index is -0.193. The van der Waals surface area contributed by atoms with Crippen molar-refractivity contribution in [1.82, 2.24) is 10.2 Å². The van der Waals surface area contributed by atoms with E-state index < -0.39 is 0 Å².